The van der Waals surface area contributed by atoms with Gasteiger partial charge in [-0.05, 0) is 54.5 Å². The molecule has 0 aliphatic rings. The minimum absolute atomic E-state index is 0.413. The summed E-state index contributed by atoms with van der Waals surface area (Å²) in [7, 11) is 4.01. The highest BCUT2D eigenvalue weighted by Gasteiger charge is 2.03. The second kappa shape index (κ2) is 7.94. The zero-order valence-electron chi connectivity index (χ0n) is 13.3. The van der Waals surface area contributed by atoms with Crippen LogP contribution in [0.4, 0.5) is 11.4 Å². The predicted molar refractivity (Wildman–Crippen MR) is 104 cm³/mol. The number of benzene rings is 2. The molecule has 0 aliphatic carbocycles. The van der Waals surface area contributed by atoms with Crippen molar-refractivity contribution in [3.05, 3.63) is 58.6 Å². The minimum atomic E-state index is 0.413. The van der Waals surface area contributed by atoms with Crippen LogP contribution in [-0.2, 0) is 0 Å². The van der Waals surface area contributed by atoms with Gasteiger partial charge in [-0.1, -0.05) is 29.8 Å². The maximum absolute atomic E-state index is 6.08. The molecular formula is C17H19ClN4S. The summed E-state index contributed by atoms with van der Waals surface area (Å²) < 4.78 is 0. The van der Waals surface area contributed by atoms with E-state index in [-0.39, 0.29) is 0 Å². The summed E-state index contributed by atoms with van der Waals surface area (Å²) in [5.41, 5.74) is 6.74. The highest BCUT2D eigenvalue weighted by atomic mass is 35.5. The molecule has 120 valence electrons. The third-order valence-electron chi connectivity index (χ3n) is 3.31. The molecule has 0 fully saturated rings. The summed E-state index contributed by atoms with van der Waals surface area (Å²) in [5, 5.41) is 8.33. The molecule has 0 radical (unpaired) electrons. The van der Waals surface area contributed by atoms with E-state index in [1.165, 1.54) is 0 Å². The molecule has 0 bridgehead atoms. The van der Waals surface area contributed by atoms with E-state index in [1.54, 1.807) is 6.21 Å². The Bertz CT molecular complexity index is 711. The van der Waals surface area contributed by atoms with E-state index in [1.807, 2.05) is 68.4 Å². The number of hydrazone groups is 1. The van der Waals surface area contributed by atoms with Crippen molar-refractivity contribution in [3.63, 3.8) is 0 Å². The van der Waals surface area contributed by atoms with Crippen molar-refractivity contribution < 1.29 is 0 Å². The van der Waals surface area contributed by atoms with Gasteiger partial charge < -0.3 is 10.2 Å². The maximum Gasteiger partial charge on any atom is 0.191 e. The number of halogens is 1. The highest BCUT2D eigenvalue weighted by Crippen LogP contribution is 2.22. The summed E-state index contributed by atoms with van der Waals surface area (Å²) in [4.78, 5) is 2.05. The van der Waals surface area contributed by atoms with Crippen LogP contribution in [0.15, 0.2) is 47.6 Å². The van der Waals surface area contributed by atoms with Gasteiger partial charge in [-0.15, -0.1) is 0 Å². The second-order valence-electron chi connectivity index (χ2n) is 5.22. The monoisotopic (exact) mass is 346 g/mol. The largest absolute Gasteiger partial charge is 0.378 e. The SMILES string of the molecule is Cc1c(Cl)cccc1NC(=S)N/N=C/c1ccc(N(C)C)cc1. The topological polar surface area (TPSA) is 39.7 Å². The summed E-state index contributed by atoms with van der Waals surface area (Å²) >= 11 is 11.3. The summed E-state index contributed by atoms with van der Waals surface area (Å²) in [5.74, 6) is 0. The molecular weight excluding hydrogens is 328 g/mol. The molecule has 2 aromatic rings. The molecule has 6 heteroatoms. The van der Waals surface area contributed by atoms with E-state index in [0.717, 1.165) is 22.5 Å². The van der Waals surface area contributed by atoms with Gasteiger partial charge in [0.1, 0.15) is 0 Å². The van der Waals surface area contributed by atoms with Gasteiger partial charge in [0.25, 0.3) is 0 Å². The van der Waals surface area contributed by atoms with Crippen LogP contribution < -0.4 is 15.6 Å². The summed E-state index contributed by atoms with van der Waals surface area (Å²) in [6, 6.07) is 13.7. The lowest BCUT2D eigenvalue weighted by Gasteiger charge is -2.12. The van der Waals surface area contributed by atoms with Gasteiger partial charge in [0, 0.05) is 30.5 Å². The van der Waals surface area contributed by atoms with E-state index in [4.69, 9.17) is 23.8 Å². The molecule has 0 spiro atoms. The molecule has 0 heterocycles. The van der Waals surface area contributed by atoms with Crippen LogP contribution in [0.25, 0.3) is 0 Å². The van der Waals surface area contributed by atoms with Crippen LogP contribution in [0.2, 0.25) is 5.02 Å². The number of nitrogens with zero attached hydrogens (tertiary/aromatic N) is 2. The molecule has 0 saturated carbocycles. The Morgan fingerprint density at radius 1 is 1.17 bits per heavy atom. The van der Waals surface area contributed by atoms with Crippen LogP contribution in [0.1, 0.15) is 11.1 Å². The van der Waals surface area contributed by atoms with E-state index >= 15 is 0 Å². The van der Waals surface area contributed by atoms with Crippen molar-refractivity contribution in [2.24, 2.45) is 5.10 Å². The van der Waals surface area contributed by atoms with Gasteiger partial charge in [0.2, 0.25) is 0 Å². The van der Waals surface area contributed by atoms with E-state index in [9.17, 15) is 0 Å². The van der Waals surface area contributed by atoms with Crippen LogP contribution in [-0.4, -0.2) is 25.4 Å². The Hall–Kier alpha value is -2.11. The first-order valence-electron chi connectivity index (χ1n) is 7.10. The third-order valence-corrected chi connectivity index (χ3v) is 3.91. The van der Waals surface area contributed by atoms with Crippen molar-refractivity contribution in [3.8, 4) is 0 Å². The highest BCUT2D eigenvalue weighted by molar-refractivity contribution is 7.80. The normalized spacial score (nSPS) is 10.6. The molecule has 0 amide bonds. The molecule has 23 heavy (non-hydrogen) atoms. The van der Waals surface area contributed by atoms with Crippen molar-refractivity contribution in [2.75, 3.05) is 24.3 Å². The fourth-order valence-electron chi connectivity index (χ4n) is 1.92. The Balaban J connectivity index is 1.92. The Morgan fingerprint density at radius 2 is 1.87 bits per heavy atom. The standard InChI is InChI=1S/C17H19ClN4S/c1-12-15(18)5-4-6-16(12)20-17(23)21-19-11-13-7-9-14(10-8-13)22(2)3/h4-11H,1-3H3,(H2,20,21,23)/b19-11+. The zero-order valence-corrected chi connectivity index (χ0v) is 14.9. The molecule has 2 N–H and O–H groups in total. The third kappa shape index (κ3) is 4.94. The second-order valence-corrected chi connectivity index (χ2v) is 6.04. The summed E-state index contributed by atoms with van der Waals surface area (Å²) in [6.45, 7) is 1.93. The smallest absolute Gasteiger partial charge is 0.191 e. The summed E-state index contributed by atoms with van der Waals surface area (Å²) in [6.07, 6.45) is 1.72. The number of nitrogens with one attached hydrogen (secondary N) is 2. The maximum atomic E-state index is 6.08. The Labute approximate surface area is 147 Å². The van der Waals surface area contributed by atoms with Gasteiger partial charge in [-0.2, -0.15) is 5.10 Å². The van der Waals surface area contributed by atoms with Crippen LogP contribution in [0.3, 0.4) is 0 Å². The van der Waals surface area contributed by atoms with Crippen molar-refractivity contribution >= 4 is 46.5 Å². The first kappa shape index (κ1) is 17.2. The molecule has 2 rings (SSSR count). The fraction of sp³-hybridized carbons (Fsp3) is 0.176. The van der Waals surface area contributed by atoms with Gasteiger partial charge in [0.05, 0.1) is 6.21 Å². The van der Waals surface area contributed by atoms with Crippen LogP contribution in [0.5, 0.6) is 0 Å². The molecule has 0 unspecified atom stereocenters. The van der Waals surface area contributed by atoms with Crippen molar-refractivity contribution in [2.45, 2.75) is 6.92 Å². The number of anilines is 2. The lowest BCUT2D eigenvalue weighted by atomic mass is 10.2. The molecule has 0 atom stereocenters. The molecule has 2 aromatic carbocycles. The van der Waals surface area contributed by atoms with Crippen LogP contribution in [0, 0.1) is 6.92 Å². The Kier molecular flexibility index (Phi) is 5.96. The van der Waals surface area contributed by atoms with Crippen LogP contribution >= 0.6 is 23.8 Å². The van der Waals surface area contributed by atoms with E-state index < -0.39 is 0 Å². The van der Waals surface area contributed by atoms with Gasteiger partial charge >= 0.3 is 0 Å². The number of hydrogen-bond donors (Lipinski definition) is 2. The molecule has 0 aliphatic heterocycles. The van der Waals surface area contributed by atoms with Crippen molar-refractivity contribution in [1.82, 2.24) is 5.43 Å². The molecule has 4 nitrogen and oxygen atoms in total. The molecule has 0 saturated heterocycles. The first-order valence-corrected chi connectivity index (χ1v) is 7.88. The first-order chi connectivity index (χ1) is 11.0. The van der Waals surface area contributed by atoms with E-state index in [2.05, 4.69) is 15.8 Å². The lowest BCUT2D eigenvalue weighted by Crippen LogP contribution is -2.24. The number of hydrogen-bond acceptors (Lipinski definition) is 3. The number of thiocarbonyl (C=S) groups is 1. The van der Waals surface area contributed by atoms with E-state index in [0.29, 0.717) is 10.1 Å². The average Bonchev–Trinajstić information content (AvgIpc) is 2.52. The number of rotatable bonds is 4. The molecule has 0 aromatic heterocycles. The van der Waals surface area contributed by atoms with Gasteiger partial charge in [-0.25, -0.2) is 0 Å². The van der Waals surface area contributed by atoms with Gasteiger partial charge in [0.15, 0.2) is 5.11 Å². The Morgan fingerprint density at radius 3 is 2.52 bits per heavy atom. The fourth-order valence-corrected chi connectivity index (χ4v) is 2.25. The average molecular weight is 347 g/mol. The predicted octanol–water partition coefficient (Wildman–Crippen LogP) is 4.03. The van der Waals surface area contributed by atoms with Crippen molar-refractivity contribution in [1.29, 1.82) is 0 Å². The zero-order chi connectivity index (χ0) is 16.8. The minimum Gasteiger partial charge on any atom is -0.378 e. The quantitative estimate of drug-likeness (QED) is 0.498. The lowest BCUT2D eigenvalue weighted by molar-refractivity contribution is 1.05. The van der Waals surface area contributed by atoms with Gasteiger partial charge in [-0.3, -0.25) is 5.43 Å².